The van der Waals surface area contributed by atoms with Crippen molar-refractivity contribution in [1.82, 2.24) is 33.6 Å². The summed E-state index contributed by atoms with van der Waals surface area (Å²) in [7, 11) is 0. The van der Waals surface area contributed by atoms with Gasteiger partial charge in [0.1, 0.15) is 0 Å². The number of hydrogen-bond acceptors (Lipinski definition) is 15. The Labute approximate surface area is 886 Å². The van der Waals surface area contributed by atoms with E-state index in [-0.39, 0.29) is 127 Å². The predicted molar refractivity (Wildman–Crippen MR) is 570 cm³/mol. The molecule has 0 aliphatic carbocycles. The van der Waals surface area contributed by atoms with Crippen molar-refractivity contribution < 1.29 is 120 Å². The Morgan fingerprint density at radius 1 is 0.317 bits per heavy atom. The molecule has 16 nitrogen and oxygen atoms in total. The van der Waals surface area contributed by atoms with Crippen LogP contribution in [0.2, 0.25) is 0 Å². The number of aromatic nitrogens is 7. The van der Waals surface area contributed by atoms with Crippen LogP contribution < -0.4 is 4.90 Å². The fourth-order valence-corrected chi connectivity index (χ4v) is 18.2. The van der Waals surface area contributed by atoms with E-state index >= 15 is 0 Å². The summed E-state index contributed by atoms with van der Waals surface area (Å²) in [5.41, 5.74) is 22.0. The second kappa shape index (κ2) is 51.6. The SMILES string of the molecule is CC(=O)C=C(C)O.CC(=O)C=C(C)O.CC(=O)C=C(C)O.CC(=O)C=C(C)O.CCn1c2c[c-]c(-c3nc4ccccc4s3)cc2c2ccccc21.[Ir].[Ir].[Ir].[Ir].[c-]1cc(-n2c3ccccc3c3ccccc32)ccc1-c1ccc2ccccc2n1.[c-]1cc(N(c2ccccc2)c2ccccc2)ccc1-c1nc2ccccc2s1.[c-]1cc2c(cc1-c1nccc3ccccc13)c1ccccc1n2-c1ccccc1. The quantitative estimate of drug-likeness (QED) is 0.0453. The Morgan fingerprint density at radius 2 is 0.704 bits per heavy atom. The standard InChI is InChI=1S/2C27H17N2.C25H17N2S.C21H15N2S.4C5H8O2.4Ir/c1-4-10-24-19(7-1)15-18-25(28-24)20-13-16-21(17-14-20)29-26-11-5-2-8-22(26)23-9-3-6-12-27(23)29;1-2-9-21(10-3-1)29-25-13-7-6-12-23(25)24-18-20(14-15-26(24)29)27-22-11-5-4-8-19(22)16-17-28-27;1-3-9-20(10-4-1)27(21-11-5-2-6-12-21)22-17-15-19(16-18-22)25-26-23-13-7-8-14-24(23)28-25;1-2-23-18-9-5-3-7-15(18)16-13-14(11-12-19(16)23)21-22-17-8-4-6-10-20(17)24-21;4*1-4(6)3-5(2)7;;;;/h2*1-13,15-18H;1-15,17-18H;3-10,12-13H,2H2,1H3;4*3,6H,1-2H3;;;;/q4*-1;;;;;;;;. The van der Waals surface area contributed by atoms with Gasteiger partial charge in [0.05, 0.1) is 39.6 Å². The zero-order chi connectivity index (χ0) is 96.7. The molecule has 0 aliphatic heterocycles. The maximum atomic E-state index is 10.0. The molecule has 4 N–H and O–H groups in total. The molecule has 22 aromatic rings. The van der Waals surface area contributed by atoms with E-state index in [4.69, 9.17) is 40.4 Å². The van der Waals surface area contributed by atoms with Crippen LogP contribution in [0.1, 0.15) is 62.3 Å². The van der Waals surface area contributed by atoms with Crippen LogP contribution in [0, 0.1) is 24.3 Å². The van der Waals surface area contributed by atoms with Crippen LogP contribution in [0.5, 0.6) is 0 Å². The molecule has 718 valence electrons. The first-order chi connectivity index (χ1) is 67.0. The van der Waals surface area contributed by atoms with Crippen LogP contribution in [0.3, 0.4) is 0 Å². The van der Waals surface area contributed by atoms with Gasteiger partial charge in [-0.05, 0) is 220 Å². The van der Waals surface area contributed by atoms with Gasteiger partial charge < -0.3 is 44.0 Å². The van der Waals surface area contributed by atoms with Crippen LogP contribution in [0.15, 0.2) is 418 Å². The summed E-state index contributed by atoms with van der Waals surface area (Å²) in [6, 6.07) is 140. The predicted octanol–water partition coefficient (Wildman–Crippen LogP) is 30.9. The number of thiazole rings is 2. The molecular formula is C120H98Ir4N8O8S2-4. The van der Waals surface area contributed by atoms with Gasteiger partial charge in [-0.15, -0.1) is 107 Å². The number of nitrogens with zero attached hydrogens (tertiary/aromatic N) is 8. The number of para-hydroxylation sites is 10. The van der Waals surface area contributed by atoms with Crippen LogP contribution in [0.25, 0.3) is 163 Å². The second-order valence-electron chi connectivity index (χ2n) is 32.4. The number of carbonyl (C=O) groups excluding carboxylic acids is 4. The number of anilines is 3. The van der Waals surface area contributed by atoms with Gasteiger partial charge in [-0.3, -0.25) is 34.1 Å². The summed E-state index contributed by atoms with van der Waals surface area (Å²) in [4.78, 5) is 61.3. The number of aryl methyl sites for hydroxylation is 1. The smallest absolute Gasteiger partial charge is 0.155 e. The molecule has 0 aliphatic rings. The van der Waals surface area contributed by atoms with Gasteiger partial charge in [-0.25, -0.2) is 0 Å². The zero-order valence-corrected chi connectivity index (χ0v) is 90.1. The number of hydrogen-bond donors (Lipinski definition) is 4. The number of rotatable bonds is 14. The van der Waals surface area contributed by atoms with Crippen molar-refractivity contribution in [2.75, 3.05) is 4.90 Å². The van der Waals surface area contributed by atoms with Gasteiger partial charge in [0.15, 0.2) is 23.1 Å². The number of allylic oxidation sites excluding steroid dienone is 8. The molecule has 142 heavy (non-hydrogen) atoms. The minimum atomic E-state index is -0.125. The number of carbonyl (C=O) groups is 4. The Balaban J connectivity index is 0.000000164. The Morgan fingerprint density at radius 3 is 1.18 bits per heavy atom. The fraction of sp³-hybridized carbons (Fsp3) is 0.0833. The monoisotopic (exact) mass is 2610 g/mol. The van der Waals surface area contributed by atoms with E-state index < -0.39 is 0 Å². The molecule has 22 rings (SSSR count). The van der Waals surface area contributed by atoms with E-state index in [9.17, 15) is 19.2 Å². The number of aliphatic hydroxyl groups excluding tert-OH is 4. The average molecular weight is 2610 g/mol. The summed E-state index contributed by atoms with van der Waals surface area (Å²) in [6.45, 7) is 14.5. The first-order valence-corrected chi connectivity index (χ1v) is 46.4. The van der Waals surface area contributed by atoms with Gasteiger partial charge in [0, 0.05) is 187 Å². The molecule has 0 saturated heterocycles. The zero-order valence-electron chi connectivity index (χ0n) is 78.9. The van der Waals surface area contributed by atoms with E-state index in [1.54, 1.807) is 22.7 Å². The Bertz CT molecular complexity index is 7970. The second-order valence-corrected chi connectivity index (χ2v) is 34.4. The van der Waals surface area contributed by atoms with Gasteiger partial charge >= 0.3 is 0 Å². The summed E-state index contributed by atoms with van der Waals surface area (Å²) in [5.74, 6) is -0.250. The number of fused-ring (bicyclic) bond motifs is 13. The molecule has 0 atom stereocenters. The van der Waals surface area contributed by atoms with Crippen molar-refractivity contribution in [2.45, 2.75) is 68.9 Å². The van der Waals surface area contributed by atoms with Crippen molar-refractivity contribution in [2.24, 2.45) is 0 Å². The maximum Gasteiger partial charge on any atom is 0.155 e. The minimum absolute atomic E-state index is 0. The third-order valence-corrected chi connectivity index (χ3v) is 24.0. The van der Waals surface area contributed by atoms with Crippen molar-refractivity contribution >= 4 is 170 Å². The van der Waals surface area contributed by atoms with E-state index in [1.807, 2.05) is 60.8 Å². The van der Waals surface area contributed by atoms with Gasteiger partial charge in [-0.1, -0.05) is 217 Å². The van der Waals surface area contributed by atoms with Crippen molar-refractivity contribution in [3.63, 3.8) is 0 Å². The van der Waals surface area contributed by atoms with Gasteiger partial charge in [-0.2, -0.15) is 22.7 Å². The first kappa shape index (κ1) is 108. The fourth-order valence-electron chi connectivity index (χ4n) is 16.3. The molecular weight excluding hydrogens is 2510 g/mol. The summed E-state index contributed by atoms with van der Waals surface area (Å²) >= 11 is 3.43. The van der Waals surface area contributed by atoms with Crippen molar-refractivity contribution in [3.8, 4) is 55.0 Å². The average Bonchev–Trinajstić information content (AvgIpc) is 1.60. The third kappa shape index (κ3) is 27.0. The number of benzene rings is 15. The molecule has 15 aromatic carbocycles. The number of ketones is 4. The van der Waals surface area contributed by atoms with Crippen LogP contribution in [-0.4, -0.2) is 77.2 Å². The van der Waals surface area contributed by atoms with Gasteiger partial charge in [0.25, 0.3) is 0 Å². The van der Waals surface area contributed by atoms with Crippen LogP contribution in [-0.2, 0) is 106 Å². The summed E-state index contributed by atoms with van der Waals surface area (Å²) in [5, 5.41) is 46.5. The Kier molecular flexibility index (Phi) is 39.2. The van der Waals surface area contributed by atoms with E-state index in [0.717, 1.165) is 111 Å². The third-order valence-electron chi connectivity index (χ3n) is 21.9. The molecule has 4 radical (unpaired) electrons. The topological polar surface area (TPSA) is 219 Å². The molecule has 0 amide bonds. The molecule has 22 heteroatoms. The molecule has 0 fully saturated rings. The van der Waals surface area contributed by atoms with Gasteiger partial charge in [0.2, 0.25) is 0 Å². The number of aliphatic hydroxyl groups is 4. The molecule has 0 bridgehead atoms. The minimum Gasteiger partial charge on any atom is -0.512 e. The van der Waals surface area contributed by atoms with Crippen molar-refractivity contribution in [3.05, 3.63) is 442 Å². The van der Waals surface area contributed by atoms with E-state index in [0.29, 0.717) is 0 Å². The van der Waals surface area contributed by atoms with Crippen molar-refractivity contribution in [1.29, 1.82) is 0 Å². The van der Waals surface area contributed by atoms with E-state index in [2.05, 4.69) is 359 Å². The Hall–Kier alpha value is -14.5. The summed E-state index contributed by atoms with van der Waals surface area (Å²) < 4.78 is 9.38. The normalized spacial score (nSPS) is 11.0. The number of pyridine rings is 2. The largest absolute Gasteiger partial charge is 0.512 e. The molecule has 0 spiro atoms. The molecule has 7 aromatic heterocycles. The molecule has 0 unspecified atom stereocenters. The molecule has 0 saturated carbocycles. The van der Waals surface area contributed by atoms with Crippen LogP contribution >= 0.6 is 22.7 Å². The van der Waals surface area contributed by atoms with E-state index in [1.165, 1.54) is 154 Å². The first-order valence-electron chi connectivity index (χ1n) is 44.8. The van der Waals surface area contributed by atoms with Crippen LogP contribution in [0.4, 0.5) is 17.1 Å². The summed E-state index contributed by atoms with van der Waals surface area (Å²) in [6.07, 6.45) is 6.54. The maximum absolute atomic E-state index is 10.0. The molecule has 7 heterocycles.